The van der Waals surface area contributed by atoms with Gasteiger partial charge in [-0.1, -0.05) is 12.1 Å². The van der Waals surface area contributed by atoms with E-state index < -0.39 is 10.0 Å². The van der Waals surface area contributed by atoms with Crippen LogP contribution in [0.15, 0.2) is 53.4 Å². The molecule has 2 heterocycles. The average molecular weight is 459 g/mol. The summed E-state index contributed by atoms with van der Waals surface area (Å²) in [6.07, 6.45) is 0. The molecule has 0 unspecified atom stereocenters. The fraction of sp³-hybridized carbons (Fsp3) is 0.364. The molecule has 1 aromatic heterocycles. The summed E-state index contributed by atoms with van der Waals surface area (Å²) >= 11 is 1.72. The van der Waals surface area contributed by atoms with Crippen molar-refractivity contribution in [2.75, 3.05) is 40.3 Å². The van der Waals surface area contributed by atoms with Crippen molar-refractivity contribution in [1.29, 1.82) is 0 Å². The number of carbonyl (C=O) groups excluding carboxylic acids is 1. The summed E-state index contributed by atoms with van der Waals surface area (Å²) in [5.74, 6) is -0.0684. The van der Waals surface area contributed by atoms with Gasteiger partial charge in [-0.2, -0.15) is 0 Å². The van der Waals surface area contributed by atoms with Crippen molar-refractivity contribution in [2.24, 2.45) is 0 Å². The van der Waals surface area contributed by atoms with Crippen molar-refractivity contribution >= 4 is 37.5 Å². The van der Waals surface area contributed by atoms with Crippen molar-refractivity contribution in [1.82, 2.24) is 19.1 Å². The number of piperazine rings is 1. The lowest BCUT2D eigenvalue weighted by Crippen LogP contribution is -2.49. The molecule has 1 saturated heterocycles. The molecule has 4 rings (SSSR count). The number of thiazole rings is 1. The van der Waals surface area contributed by atoms with Gasteiger partial charge in [0.2, 0.25) is 10.0 Å². The predicted molar refractivity (Wildman–Crippen MR) is 123 cm³/mol. The second-order valence-electron chi connectivity index (χ2n) is 7.84. The Morgan fingerprint density at radius 1 is 1.03 bits per heavy atom. The van der Waals surface area contributed by atoms with E-state index in [1.54, 1.807) is 23.5 Å². The van der Waals surface area contributed by atoms with Gasteiger partial charge in [-0.05, 0) is 43.3 Å². The van der Waals surface area contributed by atoms with Crippen LogP contribution in [0.5, 0.6) is 0 Å². The van der Waals surface area contributed by atoms with Crippen molar-refractivity contribution in [2.45, 2.75) is 17.9 Å². The number of para-hydroxylation sites is 1. The molecule has 7 nitrogen and oxygen atoms in total. The van der Waals surface area contributed by atoms with Crippen molar-refractivity contribution in [3.05, 3.63) is 59.1 Å². The molecule has 1 fully saturated rings. The van der Waals surface area contributed by atoms with E-state index in [0.29, 0.717) is 18.7 Å². The van der Waals surface area contributed by atoms with Gasteiger partial charge in [0.25, 0.3) is 5.91 Å². The molecule has 0 saturated carbocycles. The van der Waals surface area contributed by atoms with Crippen LogP contribution >= 0.6 is 11.3 Å². The van der Waals surface area contributed by atoms with E-state index in [4.69, 9.17) is 4.98 Å². The first-order chi connectivity index (χ1) is 14.8. The molecule has 31 heavy (non-hydrogen) atoms. The maximum absolute atomic E-state index is 12.9. The number of amides is 1. The number of hydrogen-bond donors (Lipinski definition) is 0. The van der Waals surface area contributed by atoms with E-state index in [1.807, 2.05) is 23.1 Å². The third-order valence-electron chi connectivity index (χ3n) is 5.70. The Morgan fingerprint density at radius 3 is 2.29 bits per heavy atom. The third kappa shape index (κ3) is 4.36. The molecule has 1 aliphatic rings. The number of fused-ring (bicyclic) bond motifs is 1. The highest BCUT2D eigenvalue weighted by Crippen LogP contribution is 2.30. The van der Waals surface area contributed by atoms with E-state index >= 15 is 0 Å². The average Bonchev–Trinajstić information content (AvgIpc) is 3.22. The number of nitrogens with zero attached hydrogens (tertiary/aromatic N) is 4. The Balaban J connectivity index is 1.39. The van der Waals surface area contributed by atoms with E-state index in [-0.39, 0.29) is 16.8 Å². The number of sulfonamides is 1. The summed E-state index contributed by atoms with van der Waals surface area (Å²) in [5, 5.41) is 1.10. The van der Waals surface area contributed by atoms with Crippen molar-refractivity contribution in [3.63, 3.8) is 0 Å². The molecule has 164 valence electrons. The van der Waals surface area contributed by atoms with Gasteiger partial charge in [-0.25, -0.2) is 17.7 Å². The van der Waals surface area contributed by atoms with Gasteiger partial charge in [0.1, 0.15) is 5.01 Å². The molecule has 2 aromatic carbocycles. The molecule has 0 N–H and O–H groups in total. The van der Waals surface area contributed by atoms with Gasteiger partial charge in [-0.3, -0.25) is 9.69 Å². The zero-order valence-corrected chi connectivity index (χ0v) is 19.5. The lowest BCUT2D eigenvalue weighted by molar-refractivity contribution is 0.0582. The van der Waals surface area contributed by atoms with E-state index in [9.17, 15) is 13.2 Å². The summed E-state index contributed by atoms with van der Waals surface area (Å²) in [5.41, 5.74) is 1.54. The van der Waals surface area contributed by atoms with Gasteiger partial charge < -0.3 is 4.90 Å². The fourth-order valence-corrected chi connectivity index (χ4v) is 5.66. The number of benzene rings is 2. The van der Waals surface area contributed by atoms with Crippen LogP contribution in [0.2, 0.25) is 0 Å². The minimum Gasteiger partial charge on any atom is -0.336 e. The van der Waals surface area contributed by atoms with E-state index in [1.165, 1.54) is 30.9 Å². The fourth-order valence-electron chi connectivity index (χ4n) is 3.70. The minimum atomic E-state index is -3.50. The van der Waals surface area contributed by atoms with Crippen LogP contribution < -0.4 is 0 Å². The van der Waals surface area contributed by atoms with E-state index in [0.717, 1.165) is 27.9 Å². The highest BCUT2D eigenvalue weighted by molar-refractivity contribution is 7.89. The first kappa shape index (κ1) is 21.9. The zero-order valence-electron chi connectivity index (χ0n) is 17.9. The lowest BCUT2D eigenvalue weighted by Gasteiger charge is -2.37. The normalized spacial score (nSPS) is 16.7. The second-order valence-corrected chi connectivity index (χ2v) is 11.0. The number of aromatic nitrogens is 1. The molecular weight excluding hydrogens is 432 g/mol. The number of rotatable bonds is 5. The van der Waals surface area contributed by atoms with Gasteiger partial charge in [0.05, 0.1) is 21.2 Å². The quantitative estimate of drug-likeness (QED) is 0.588. The minimum absolute atomic E-state index is 0.0684. The van der Waals surface area contributed by atoms with Gasteiger partial charge in [0, 0.05) is 45.8 Å². The SMILES string of the molecule is C[C@H](c1nc2ccccc2s1)N1CCN(C(=O)c2ccc(S(=O)(=O)N(C)C)cc2)CC1. The summed E-state index contributed by atoms with van der Waals surface area (Å²) in [4.78, 5) is 22.0. The topological polar surface area (TPSA) is 73.8 Å². The molecule has 0 bridgehead atoms. The highest BCUT2D eigenvalue weighted by Gasteiger charge is 2.27. The largest absolute Gasteiger partial charge is 0.336 e. The molecule has 3 aromatic rings. The monoisotopic (exact) mass is 458 g/mol. The Morgan fingerprint density at radius 2 is 1.68 bits per heavy atom. The van der Waals surface area contributed by atoms with Crippen LogP contribution in [0.1, 0.15) is 28.3 Å². The molecular formula is C22H26N4O3S2. The van der Waals surface area contributed by atoms with Crippen LogP contribution in [0.25, 0.3) is 10.2 Å². The number of carbonyl (C=O) groups is 1. The molecule has 0 spiro atoms. The molecule has 0 radical (unpaired) electrons. The zero-order chi connectivity index (χ0) is 22.2. The highest BCUT2D eigenvalue weighted by atomic mass is 32.2. The predicted octanol–water partition coefficient (Wildman–Crippen LogP) is 3.07. The third-order valence-corrected chi connectivity index (χ3v) is 8.73. The maximum atomic E-state index is 12.9. The van der Waals surface area contributed by atoms with Crippen LogP contribution in [0.4, 0.5) is 0 Å². The maximum Gasteiger partial charge on any atom is 0.253 e. The summed E-state index contributed by atoms with van der Waals surface area (Å²) < 4.78 is 26.8. The second kappa shape index (κ2) is 8.66. The van der Waals surface area contributed by atoms with Crippen molar-refractivity contribution in [3.8, 4) is 0 Å². The van der Waals surface area contributed by atoms with Gasteiger partial charge >= 0.3 is 0 Å². The van der Waals surface area contributed by atoms with Gasteiger partial charge in [0.15, 0.2) is 0 Å². The Bertz CT molecular complexity index is 1150. The Labute approximate surface area is 187 Å². The lowest BCUT2D eigenvalue weighted by atomic mass is 10.1. The summed E-state index contributed by atoms with van der Waals surface area (Å²) in [6, 6.07) is 14.5. The van der Waals surface area contributed by atoms with Crippen molar-refractivity contribution < 1.29 is 13.2 Å². The van der Waals surface area contributed by atoms with Crippen LogP contribution in [0, 0.1) is 0 Å². The van der Waals surface area contributed by atoms with E-state index in [2.05, 4.69) is 17.9 Å². The first-order valence-corrected chi connectivity index (χ1v) is 12.4. The van der Waals surface area contributed by atoms with Crippen LogP contribution in [-0.2, 0) is 10.0 Å². The summed E-state index contributed by atoms with van der Waals surface area (Å²) in [7, 11) is -0.522. The molecule has 9 heteroatoms. The molecule has 1 amide bonds. The Kier molecular flexibility index (Phi) is 6.11. The smallest absolute Gasteiger partial charge is 0.253 e. The Hall–Kier alpha value is -2.33. The van der Waals surface area contributed by atoms with Crippen LogP contribution in [0.3, 0.4) is 0 Å². The standard InChI is InChI=1S/C22H26N4O3S2/c1-16(21-23-19-6-4-5-7-20(19)30-21)25-12-14-26(15-13-25)22(27)17-8-10-18(11-9-17)31(28,29)24(2)3/h4-11,16H,12-15H2,1-3H3/t16-/m1/s1. The molecule has 1 aliphatic heterocycles. The first-order valence-electron chi connectivity index (χ1n) is 10.2. The molecule has 0 aliphatic carbocycles. The van der Waals surface area contributed by atoms with Gasteiger partial charge in [-0.15, -0.1) is 11.3 Å². The molecule has 1 atom stereocenters. The van der Waals surface area contributed by atoms with Crippen LogP contribution in [-0.4, -0.2) is 73.7 Å². The number of hydrogen-bond acceptors (Lipinski definition) is 6. The summed E-state index contributed by atoms with van der Waals surface area (Å²) in [6.45, 7) is 4.97.